The molecule has 0 saturated carbocycles. The Bertz CT molecular complexity index is 328. The maximum atomic E-state index is 10.1. The summed E-state index contributed by atoms with van der Waals surface area (Å²) in [6.45, 7) is 3.56. The summed E-state index contributed by atoms with van der Waals surface area (Å²) in [4.78, 5) is 3.71. The van der Waals surface area contributed by atoms with Crippen molar-refractivity contribution in [2.45, 2.75) is 24.6 Å². The van der Waals surface area contributed by atoms with Gasteiger partial charge in [0.05, 0.1) is 6.04 Å². The van der Waals surface area contributed by atoms with Crippen LogP contribution in [0.3, 0.4) is 0 Å². The Morgan fingerprint density at radius 2 is 2.00 bits per heavy atom. The number of aliphatic imine (C=N–C) groups is 1. The first-order valence-electron chi connectivity index (χ1n) is 5.32. The molecule has 0 aliphatic heterocycles. The molecule has 88 valence electrons. The summed E-state index contributed by atoms with van der Waals surface area (Å²) in [6.07, 6.45) is 1.13. The molecule has 0 spiro atoms. The van der Waals surface area contributed by atoms with Gasteiger partial charge in [0.2, 0.25) is 0 Å². The molecule has 1 aromatic rings. The van der Waals surface area contributed by atoms with E-state index in [1.165, 1.54) is 0 Å². The molecule has 0 aliphatic rings. The molecule has 0 saturated heterocycles. The third-order valence-electron chi connectivity index (χ3n) is 2.75. The summed E-state index contributed by atoms with van der Waals surface area (Å²) in [5.41, 5.74) is 11.0. The lowest BCUT2D eigenvalue weighted by atomic mass is 9.96. The van der Waals surface area contributed by atoms with Crippen LogP contribution in [0, 0.1) is 0 Å². The van der Waals surface area contributed by atoms with Crippen LogP contribution in [0.2, 0.25) is 0 Å². The molecule has 0 radical (unpaired) electrons. The first-order chi connectivity index (χ1) is 7.62. The topological polar surface area (TPSA) is 84.6 Å². The van der Waals surface area contributed by atoms with Crippen LogP contribution in [-0.4, -0.2) is 30.1 Å². The summed E-state index contributed by atoms with van der Waals surface area (Å²) >= 11 is 0. The average Bonchev–Trinajstić information content (AvgIpc) is 2.36. The number of nitrogens with two attached hydrogens (primary N) is 2. The monoisotopic (exact) mass is 221 g/mol. The number of aliphatic hydroxyl groups is 1. The third-order valence-corrected chi connectivity index (χ3v) is 2.75. The first kappa shape index (κ1) is 12.8. The van der Waals surface area contributed by atoms with Crippen molar-refractivity contribution in [2.24, 2.45) is 16.5 Å². The number of benzene rings is 1. The van der Waals surface area contributed by atoms with Gasteiger partial charge >= 0.3 is 0 Å². The second kappa shape index (κ2) is 5.75. The van der Waals surface area contributed by atoms with E-state index in [0.717, 1.165) is 5.56 Å². The van der Waals surface area contributed by atoms with E-state index in [2.05, 4.69) is 11.7 Å². The van der Waals surface area contributed by atoms with Crippen molar-refractivity contribution in [2.75, 3.05) is 6.54 Å². The van der Waals surface area contributed by atoms with Crippen molar-refractivity contribution in [1.29, 1.82) is 0 Å². The fourth-order valence-electron chi connectivity index (χ4n) is 1.54. The lowest BCUT2D eigenvalue weighted by Gasteiger charge is -2.28. The molecule has 0 aliphatic carbocycles. The van der Waals surface area contributed by atoms with Gasteiger partial charge in [0, 0.05) is 13.0 Å². The van der Waals surface area contributed by atoms with E-state index in [0.29, 0.717) is 12.8 Å². The molecule has 16 heavy (non-hydrogen) atoms. The van der Waals surface area contributed by atoms with Crippen molar-refractivity contribution in [3.05, 3.63) is 35.9 Å². The predicted molar refractivity (Wildman–Crippen MR) is 66.3 cm³/mol. The predicted octanol–water partition coefficient (Wildman–Crippen LogP) is 0.294. The minimum atomic E-state index is -1.33. The standard InChI is InChI=1S/C12H19N3O/c1-15-12(16,11(14)9-13)8-7-10-5-3-2-4-6-10/h2-6,11,16H,1,7-9,13-14H2. The first-order valence-corrected chi connectivity index (χ1v) is 5.32. The van der Waals surface area contributed by atoms with Crippen molar-refractivity contribution in [1.82, 2.24) is 0 Å². The van der Waals surface area contributed by atoms with Crippen molar-refractivity contribution in [3.8, 4) is 0 Å². The highest BCUT2D eigenvalue weighted by Crippen LogP contribution is 2.18. The van der Waals surface area contributed by atoms with E-state index in [1.54, 1.807) is 0 Å². The van der Waals surface area contributed by atoms with Crippen molar-refractivity contribution >= 4 is 6.72 Å². The SMILES string of the molecule is C=NC(O)(CCc1ccccc1)C(N)CN. The lowest BCUT2D eigenvalue weighted by Crippen LogP contribution is -2.51. The molecular formula is C12H19N3O. The van der Waals surface area contributed by atoms with Gasteiger partial charge in [-0.2, -0.15) is 0 Å². The van der Waals surface area contributed by atoms with E-state index in [9.17, 15) is 5.11 Å². The Morgan fingerprint density at radius 1 is 1.38 bits per heavy atom. The number of nitrogens with zero attached hydrogens (tertiary/aromatic N) is 1. The smallest absolute Gasteiger partial charge is 0.171 e. The molecule has 2 atom stereocenters. The van der Waals surface area contributed by atoms with Gasteiger partial charge in [0.25, 0.3) is 0 Å². The summed E-state index contributed by atoms with van der Waals surface area (Å²) < 4.78 is 0. The molecule has 0 amide bonds. The fourth-order valence-corrected chi connectivity index (χ4v) is 1.54. The van der Waals surface area contributed by atoms with Crippen LogP contribution in [-0.2, 0) is 6.42 Å². The zero-order chi connectivity index (χ0) is 12.0. The Hall–Kier alpha value is -1.23. The van der Waals surface area contributed by atoms with Gasteiger partial charge in [-0.3, -0.25) is 4.99 Å². The highest BCUT2D eigenvalue weighted by molar-refractivity contribution is 5.26. The van der Waals surface area contributed by atoms with Crippen LogP contribution in [0.25, 0.3) is 0 Å². The van der Waals surface area contributed by atoms with E-state index in [1.807, 2.05) is 30.3 Å². The molecule has 2 unspecified atom stereocenters. The number of hydrogen-bond acceptors (Lipinski definition) is 4. The zero-order valence-electron chi connectivity index (χ0n) is 9.34. The minimum Gasteiger partial charge on any atom is -0.368 e. The average molecular weight is 221 g/mol. The Kier molecular flexibility index (Phi) is 4.61. The Balaban J connectivity index is 2.61. The lowest BCUT2D eigenvalue weighted by molar-refractivity contribution is 0.0184. The maximum absolute atomic E-state index is 10.1. The van der Waals surface area contributed by atoms with Gasteiger partial charge in [0.1, 0.15) is 0 Å². The molecule has 5 N–H and O–H groups in total. The fraction of sp³-hybridized carbons (Fsp3) is 0.417. The molecule has 1 aromatic carbocycles. The van der Waals surface area contributed by atoms with Gasteiger partial charge < -0.3 is 16.6 Å². The van der Waals surface area contributed by atoms with E-state index in [-0.39, 0.29) is 6.54 Å². The largest absolute Gasteiger partial charge is 0.368 e. The summed E-state index contributed by atoms with van der Waals surface area (Å²) in [7, 11) is 0. The van der Waals surface area contributed by atoms with Gasteiger partial charge in [0.15, 0.2) is 5.72 Å². The molecule has 4 nitrogen and oxygen atoms in total. The number of aryl methyl sites for hydroxylation is 1. The molecule has 1 rings (SSSR count). The molecule has 0 heterocycles. The van der Waals surface area contributed by atoms with E-state index in [4.69, 9.17) is 11.5 Å². The third kappa shape index (κ3) is 3.13. The van der Waals surface area contributed by atoms with E-state index < -0.39 is 11.8 Å². The molecule has 0 fully saturated rings. The van der Waals surface area contributed by atoms with Gasteiger partial charge in [-0.25, -0.2) is 0 Å². The Morgan fingerprint density at radius 3 is 2.50 bits per heavy atom. The van der Waals surface area contributed by atoms with Gasteiger partial charge in [-0.1, -0.05) is 30.3 Å². The van der Waals surface area contributed by atoms with Crippen LogP contribution in [0.5, 0.6) is 0 Å². The molecule has 0 bridgehead atoms. The van der Waals surface area contributed by atoms with Crippen LogP contribution < -0.4 is 11.5 Å². The van der Waals surface area contributed by atoms with Crippen LogP contribution in [0.4, 0.5) is 0 Å². The summed E-state index contributed by atoms with van der Waals surface area (Å²) in [6, 6.07) is 9.29. The second-order valence-electron chi connectivity index (χ2n) is 3.86. The second-order valence-corrected chi connectivity index (χ2v) is 3.86. The van der Waals surface area contributed by atoms with Crippen LogP contribution in [0.1, 0.15) is 12.0 Å². The number of rotatable bonds is 6. The van der Waals surface area contributed by atoms with Crippen LogP contribution in [0.15, 0.2) is 35.3 Å². The highest BCUT2D eigenvalue weighted by Gasteiger charge is 2.31. The highest BCUT2D eigenvalue weighted by atomic mass is 16.3. The van der Waals surface area contributed by atoms with Gasteiger partial charge in [-0.05, 0) is 18.7 Å². The quantitative estimate of drug-likeness (QED) is 0.604. The van der Waals surface area contributed by atoms with Crippen molar-refractivity contribution < 1.29 is 5.11 Å². The van der Waals surface area contributed by atoms with Crippen LogP contribution >= 0.6 is 0 Å². The zero-order valence-corrected chi connectivity index (χ0v) is 9.34. The normalized spacial score (nSPS) is 16.4. The molecule has 4 heteroatoms. The minimum absolute atomic E-state index is 0.185. The maximum Gasteiger partial charge on any atom is 0.171 e. The number of hydrogen-bond donors (Lipinski definition) is 3. The van der Waals surface area contributed by atoms with Crippen molar-refractivity contribution in [3.63, 3.8) is 0 Å². The molecular weight excluding hydrogens is 202 g/mol. The van der Waals surface area contributed by atoms with Gasteiger partial charge in [-0.15, -0.1) is 0 Å². The summed E-state index contributed by atoms with van der Waals surface area (Å²) in [5.74, 6) is 0. The summed E-state index contributed by atoms with van der Waals surface area (Å²) in [5, 5.41) is 10.1. The Labute approximate surface area is 96.0 Å². The molecule has 0 aromatic heterocycles. The van der Waals surface area contributed by atoms with E-state index >= 15 is 0 Å².